The van der Waals surface area contributed by atoms with E-state index in [1.807, 2.05) is 28.9 Å². The quantitative estimate of drug-likeness (QED) is 0.861. The standard InChI is InChI=1S/C17H20BrN3O/c18-14-5-3-4-13(12-14)8-9-17(22)20-16-10-11-19-21(16)15-6-1-2-7-15/h3-5,10-12,15H,1-2,6-9H2,(H,20,22). The number of hydrogen-bond acceptors (Lipinski definition) is 2. The minimum absolute atomic E-state index is 0.0414. The van der Waals surface area contributed by atoms with Crippen molar-refractivity contribution in [3.63, 3.8) is 0 Å². The lowest BCUT2D eigenvalue weighted by Crippen LogP contribution is -2.17. The molecule has 3 rings (SSSR count). The van der Waals surface area contributed by atoms with Crippen LogP contribution >= 0.6 is 15.9 Å². The maximum Gasteiger partial charge on any atom is 0.225 e. The third kappa shape index (κ3) is 3.77. The topological polar surface area (TPSA) is 46.9 Å². The number of rotatable bonds is 5. The van der Waals surface area contributed by atoms with Crippen molar-refractivity contribution in [1.82, 2.24) is 9.78 Å². The van der Waals surface area contributed by atoms with E-state index in [4.69, 9.17) is 0 Å². The second-order valence-electron chi connectivity index (χ2n) is 5.78. The zero-order chi connectivity index (χ0) is 15.4. The van der Waals surface area contributed by atoms with Crippen LogP contribution in [0.5, 0.6) is 0 Å². The second kappa shape index (κ2) is 7.09. The summed E-state index contributed by atoms with van der Waals surface area (Å²) >= 11 is 3.45. The van der Waals surface area contributed by atoms with Gasteiger partial charge in [0.15, 0.2) is 0 Å². The van der Waals surface area contributed by atoms with Gasteiger partial charge in [0.05, 0.1) is 12.2 Å². The van der Waals surface area contributed by atoms with Crippen molar-refractivity contribution in [2.45, 2.75) is 44.6 Å². The van der Waals surface area contributed by atoms with Crippen LogP contribution in [0, 0.1) is 0 Å². The van der Waals surface area contributed by atoms with E-state index < -0.39 is 0 Å². The lowest BCUT2D eigenvalue weighted by Gasteiger charge is -2.14. The lowest BCUT2D eigenvalue weighted by molar-refractivity contribution is -0.116. The number of aromatic nitrogens is 2. The molecule has 2 aromatic rings. The minimum atomic E-state index is 0.0414. The Morgan fingerprint density at radius 1 is 1.32 bits per heavy atom. The second-order valence-corrected chi connectivity index (χ2v) is 6.69. The van der Waals surface area contributed by atoms with E-state index in [-0.39, 0.29) is 5.91 Å². The Morgan fingerprint density at radius 2 is 2.14 bits per heavy atom. The van der Waals surface area contributed by atoms with Gasteiger partial charge in [-0.2, -0.15) is 5.10 Å². The number of carbonyl (C=O) groups is 1. The summed E-state index contributed by atoms with van der Waals surface area (Å²) in [7, 11) is 0. The fourth-order valence-electron chi connectivity index (χ4n) is 3.01. The molecule has 1 amide bonds. The summed E-state index contributed by atoms with van der Waals surface area (Å²) in [6, 6.07) is 10.4. The molecule has 1 aliphatic carbocycles. The molecule has 0 unspecified atom stereocenters. The molecule has 1 aromatic carbocycles. The molecule has 1 fully saturated rings. The number of aryl methyl sites for hydroxylation is 1. The Kier molecular flexibility index (Phi) is 4.93. The van der Waals surface area contributed by atoms with Gasteiger partial charge in [-0.1, -0.05) is 40.9 Å². The van der Waals surface area contributed by atoms with Crippen molar-refractivity contribution < 1.29 is 4.79 Å². The van der Waals surface area contributed by atoms with Crippen molar-refractivity contribution in [1.29, 1.82) is 0 Å². The summed E-state index contributed by atoms with van der Waals surface area (Å²) in [5.74, 6) is 0.867. The highest BCUT2D eigenvalue weighted by Crippen LogP contribution is 2.31. The number of anilines is 1. The van der Waals surface area contributed by atoms with Gasteiger partial charge in [-0.05, 0) is 37.0 Å². The van der Waals surface area contributed by atoms with Crippen molar-refractivity contribution in [3.05, 3.63) is 46.6 Å². The normalized spacial score (nSPS) is 15.1. The Bertz CT molecular complexity index is 647. The van der Waals surface area contributed by atoms with Crippen LogP contribution in [-0.4, -0.2) is 15.7 Å². The number of nitrogens with one attached hydrogen (secondary N) is 1. The number of halogens is 1. The Morgan fingerprint density at radius 3 is 2.91 bits per heavy atom. The molecule has 1 aliphatic rings. The Balaban J connectivity index is 1.57. The first-order valence-corrected chi connectivity index (χ1v) is 8.59. The summed E-state index contributed by atoms with van der Waals surface area (Å²) < 4.78 is 3.02. The van der Waals surface area contributed by atoms with Crippen LogP contribution in [0.4, 0.5) is 5.82 Å². The van der Waals surface area contributed by atoms with Crippen molar-refractivity contribution in [2.24, 2.45) is 0 Å². The highest BCUT2D eigenvalue weighted by molar-refractivity contribution is 9.10. The predicted molar refractivity (Wildman–Crippen MR) is 90.8 cm³/mol. The maximum absolute atomic E-state index is 12.2. The first-order chi connectivity index (χ1) is 10.7. The largest absolute Gasteiger partial charge is 0.311 e. The van der Waals surface area contributed by atoms with Gasteiger partial charge in [0.25, 0.3) is 0 Å². The predicted octanol–water partition coefficient (Wildman–Crippen LogP) is 4.33. The average Bonchev–Trinajstić information content (AvgIpc) is 3.16. The van der Waals surface area contributed by atoms with E-state index in [0.717, 1.165) is 35.1 Å². The van der Waals surface area contributed by atoms with E-state index in [2.05, 4.69) is 32.4 Å². The van der Waals surface area contributed by atoms with E-state index in [0.29, 0.717) is 12.5 Å². The smallest absolute Gasteiger partial charge is 0.225 e. The van der Waals surface area contributed by atoms with E-state index in [1.165, 1.54) is 12.8 Å². The average molecular weight is 362 g/mol. The van der Waals surface area contributed by atoms with E-state index >= 15 is 0 Å². The molecule has 4 nitrogen and oxygen atoms in total. The lowest BCUT2D eigenvalue weighted by atomic mass is 10.1. The van der Waals surface area contributed by atoms with Gasteiger partial charge >= 0.3 is 0 Å². The van der Waals surface area contributed by atoms with Crippen LogP contribution in [0.3, 0.4) is 0 Å². The van der Waals surface area contributed by atoms with Gasteiger partial charge in [-0.15, -0.1) is 0 Å². The van der Waals surface area contributed by atoms with Crippen molar-refractivity contribution >= 4 is 27.7 Å². The van der Waals surface area contributed by atoms with Gasteiger partial charge in [-0.25, -0.2) is 4.68 Å². The maximum atomic E-state index is 12.2. The molecular formula is C17H20BrN3O. The first-order valence-electron chi connectivity index (χ1n) is 7.80. The number of nitrogens with zero attached hydrogens (tertiary/aromatic N) is 2. The summed E-state index contributed by atoms with van der Waals surface area (Å²) in [5, 5.41) is 7.38. The number of hydrogen-bond donors (Lipinski definition) is 1. The van der Waals surface area contributed by atoms with Crippen LogP contribution in [0.15, 0.2) is 41.0 Å². The molecule has 116 valence electrons. The Hall–Kier alpha value is -1.62. The first kappa shape index (κ1) is 15.3. The molecule has 0 radical (unpaired) electrons. The minimum Gasteiger partial charge on any atom is -0.311 e. The summed E-state index contributed by atoms with van der Waals surface area (Å²) in [6.45, 7) is 0. The molecule has 0 saturated heterocycles. The van der Waals surface area contributed by atoms with Gasteiger partial charge in [0, 0.05) is 17.0 Å². The molecule has 0 aliphatic heterocycles. The molecule has 1 heterocycles. The third-order valence-corrected chi connectivity index (χ3v) is 4.63. The summed E-state index contributed by atoms with van der Waals surface area (Å²) in [5.41, 5.74) is 1.16. The number of benzene rings is 1. The molecule has 0 bridgehead atoms. The van der Waals surface area contributed by atoms with Gasteiger partial charge in [-0.3, -0.25) is 4.79 Å². The monoisotopic (exact) mass is 361 g/mol. The van der Waals surface area contributed by atoms with Crippen LogP contribution in [-0.2, 0) is 11.2 Å². The number of amides is 1. The SMILES string of the molecule is O=C(CCc1cccc(Br)c1)Nc1ccnn1C1CCCC1. The fraction of sp³-hybridized carbons (Fsp3) is 0.412. The highest BCUT2D eigenvalue weighted by Gasteiger charge is 2.20. The molecule has 0 spiro atoms. The van der Waals surface area contributed by atoms with Crippen LogP contribution in [0.25, 0.3) is 0 Å². The highest BCUT2D eigenvalue weighted by atomic mass is 79.9. The van der Waals surface area contributed by atoms with Gasteiger partial charge in [0.2, 0.25) is 5.91 Å². The van der Waals surface area contributed by atoms with E-state index in [1.54, 1.807) is 6.20 Å². The zero-order valence-corrected chi connectivity index (χ0v) is 14.1. The molecule has 1 saturated carbocycles. The van der Waals surface area contributed by atoms with Crippen LogP contribution in [0.1, 0.15) is 43.7 Å². The fourth-order valence-corrected chi connectivity index (χ4v) is 3.46. The van der Waals surface area contributed by atoms with Crippen LogP contribution in [0.2, 0.25) is 0 Å². The van der Waals surface area contributed by atoms with Crippen molar-refractivity contribution in [2.75, 3.05) is 5.32 Å². The summed E-state index contributed by atoms with van der Waals surface area (Å²) in [4.78, 5) is 12.2. The summed E-state index contributed by atoms with van der Waals surface area (Å²) in [6.07, 6.45) is 7.80. The van der Waals surface area contributed by atoms with Gasteiger partial charge in [0.1, 0.15) is 5.82 Å². The van der Waals surface area contributed by atoms with Gasteiger partial charge < -0.3 is 5.32 Å². The molecule has 1 N–H and O–H groups in total. The van der Waals surface area contributed by atoms with Crippen LogP contribution < -0.4 is 5.32 Å². The Labute approximate surface area is 139 Å². The third-order valence-electron chi connectivity index (χ3n) is 4.14. The zero-order valence-electron chi connectivity index (χ0n) is 12.5. The van der Waals surface area contributed by atoms with Crippen molar-refractivity contribution in [3.8, 4) is 0 Å². The van der Waals surface area contributed by atoms with E-state index in [9.17, 15) is 4.79 Å². The molecular weight excluding hydrogens is 342 g/mol. The molecule has 0 atom stereocenters. The molecule has 22 heavy (non-hydrogen) atoms. The number of carbonyl (C=O) groups excluding carboxylic acids is 1. The molecule has 1 aromatic heterocycles. The molecule has 5 heteroatoms.